The molecule has 6 nitrogen and oxygen atoms in total. The first-order chi connectivity index (χ1) is 11.5. The Bertz CT molecular complexity index is 684. The van der Waals surface area contributed by atoms with Gasteiger partial charge in [-0.25, -0.2) is 0 Å². The van der Waals surface area contributed by atoms with E-state index in [0.717, 1.165) is 25.9 Å². The number of hydrogen-bond donors (Lipinski definition) is 2. The third kappa shape index (κ3) is 3.19. The molecule has 2 N–H and O–H groups in total. The first-order valence-electron chi connectivity index (χ1n) is 8.46. The second kappa shape index (κ2) is 6.73. The zero-order valence-electron chi connectivity index (χ0n) is 14.1. The summed E-state index contributed by atoms with van der Waals surface area (Å²) in [5.74, 6) is -0.845. The number of imide groups is 1. The number of rotatable bonds is 3. The maximum absolute atomic E-state index is 12.5. The Kier molecular flexibility index (Phi) is 4.66. The van der Waals surface area contributed by atoms with Gasteiger partial charge in [0.1, 0.15) is 6.04 Å². The van der Waals surface area contributed by atoms with Gasteiger partial charge in [-0.05, 0) is 63.0 Å². The molecule has 0 aromatic heterocycles. The largest absolute Gasteiger partial charge is 0.340 e. The Labute approximate surface area is 141 Å². The summed E-state index contributed by atoms with van der Waals surface area (Å²) >= 11 is 0. The lowest BCUT2D eigenvalue weighted by molar-refractivity contribution is -0.140. The van der Waals surface area contributed by atoms with Crippen LogP contribution in [0, 0.1) is 0 Å². The van der Waals surface area contributed by atoms with Gasteiger partial charge in [-0.2, -0.15) is 0 Å². The molecule has 3 rings (SSSR count). The molecule has 0 spiro atoms. The summed E-state index contributed by atoms with van der Waals surface area (Å²) in [6.07, 6.45) is 1.88. The van der Waals surface area contributed by atoms with Crippen molar-refractivity contribution in [1.82, 2.24) is 15.5 Å². The van der Waals surface area contributed by atoms with Crippen LogP contribution in [0.5, 0.6) is 0 Å². The third-order valence-electron chi connectivity index (χ3n) is 4.62. The van der Waals surface area contributed by atoms with Crippen LogP contribution >= 0.6 is 0 Å². The summed E-state index contributed by atoms with van der Waals surface area (Å²) in [6.45, 7) is 5.43. The molecule has 0 unspecified atom stereocenters. The fourth-order valence-electron chi connectivity index (χ4n) is 3.36. The summed E-state index contributed by atoms with van der Waals surface area (Å²) in [7, 11) is 0. The lowest BCUT2D eigenvalue weighted by atomic mass is 9.99. The minimum absolute atomic E-state index is 0.0393. The van der Waals surface area contributed by atoms with E-state index in [1.807, 2.05) is 12.1 Å². The number of nitrogens with one attached hydrogen (secondary N) is 2. The van der Waals surface area contributed by atoms with Gasteiger partial charge in [0.2, 0.25) is 5.91 Å². The van der Waals surface area contributed by atoms with Crippen molar-refractivity contribution in [1.29, 1.82) is 0 Å². The highest BCUT2D eigenvalue weighted by Gasteiger charge is 2.40. The lowest BCUT2D eigenvalue weighted by Gasteiger charge is -2.19. The summed E-state index contributed by atoms with van der Waals surface area (Å²) in [4.78, 5) is 37.9. The number of nitrogens with zero attached hydrogens (tertiary/aromatic N) is 1. The highest BCUT2D eigenvalue weighted by Crippen LogP contribution is 2.18. The molecule has 0 aliphatic carbocycles. The van der Waals surface area contributed by atoms with Gasteiger partial charge in [0, 0.05) is 11.6 Å². The summed E-state index contributed by atoms with van der Waals surface area (Å²) < 4.78 is 0. The van der Waals surface area contributed by atoms with Crippen LogP contribution in [0.4, 0.5) is 0 Å². The molecule has 0 bridgehead atoms. The first kappa shape index (κ1) is 16.6. The van der Waals surface area contributed by atoms with E-state index in [2.05, 4.69) is 10.6 Å². The minimum atomic E-state index is -0.757. The van der Waals surface area contributed by atoms with E-state index >= 15 is 0 Å². The van der Waals surface area contributed by atoms with Crippen molar-refractivity contribution in [3.8, 4) is 0 Å². The Balaban J connectivity index is 1.73. The van der Waals surface area contributed by atoms with Crippen LogP contribution in [0.15, 0.2) is 18.2 Å². The molecule has 0 radical (unpaired) electrons. The van der Waals surface area contributed by atoms with Crippen molar-refractivity contribution in [3.63, 3.8) is 0 Å². The predicted octanol–water partition coefficient (Wildman–Crippen LogP) is 0.640. The highest BCUT2D eigenvalue weighted by atomic mass is 16.2. The summed E-state index contributed by atoms with van der Waals surface area (Å²) in [5.41, 5.74) is 2.97. The molecule has 2 aliphatic heterocycles. The van der Waals surface area contributed by atoms with Crippen molar-refractivity contribution in [3.05, 3.63) is 34.9 Å². The Morgan fingerprint density at radius 1 is 1.21 bits per heavy atom. The van der Waals surface area contributed by atoms with E-state index in [9.17, 15) is 14.4 Å². The summed E-state index contributed by atoms with van der Waals surface area (Å²) in [6, 6.07) is 4.74. The molecule has 1 saturated heterocycles. The van der Waals surface area contributed by atoms with Gasteiger partial charge in [-0.15, -0.1) is 0 Å². The summed E-state index contributed by atoms with van der Waals surface area (Å²) in [5, 5.41) is 6.06. The molecular formula is C18H23N3O3. The second-order valence-corrected chi connectivity index (χ2v) is 6.66. The van der Waals surface area contributed by atoms with Crippen LogP contribution < -0.4 is 10.6 Å². The number of carbonyl (C=O) groups excluding carboxylic acids is 3. The molecule has 1 aromatic rings. The fourth-order valence-corrected chi connectivity index (χ4v) is 3.36. The maximum atomic E-state index is 12.5. The lowest BCUT2D eigenvalue weighted by Crippen LogP contribution is -2.43. The molecule has 6 heteroatoms. The second-order valence-electron chi connectivity index (χ2n) is 6.66. The fraction of sp³-hybridized carbons (Fsp3) is 0.500. The van der Waals surface area contributed by atoms with Crippen LogP contribution in [0.25, 0.3) is 0 Å². The van der Waals surface area contributed by atoms with Gasteiger partial charge in [0.25, 0.3) is 11.8 Å². The Morgan fingerprint density at radius 3 is 2.58 bits per heavy atom. The smallest absolute Gasteiger partial charge is 0.252 e. The average Bonchev–Trinajstić information content (AvgIpc) is 2.72. The normalized spacial score (nSPS) is 21.0. The third-order valence-corrected chi connectivity index (χ3v) is 4.62. The van der Waals surface area contributed by atoms with E-state index in [0.29, 0.717) is 5.56 Å². The van der Waals surface area contributed by atoms with E-state index in [4.69, 9.17) is 0 Å². The van der Waals surface area contributed by atoms with Gasteiger partial charge in [-0.3, -0.25) is 19.3 Å². The molecule has 1 fully saturated rings. The molecule has 3 amide bonds. The van der Waals surface area contributed by atoms with Gasteiger partial charge in [0.15, 0.2) is 0 Å². The molecule has 1 atom stereocenters. The predicted molar refractivity (Wildman–Crippen MR) is 89.6 cm³/mol. The quantitative estimate of drug-likeness (QED) is 0.798. The Morgan fingerprint density at radius 2 is 1.92 bits per heavy atom. The molecule has 128 valence electrons. The SMILES string of the molecule is CC(C)N1C(=O)C[C@H](NC(=O)c2ccc3c(c2)CCNCC3)C1=O. The number of amides is 3. The first-order valence-corrected chi connectivity index (χ1v) is 8.46. The molecular weight excluding hydrogens is 306 g/mol. The van der Waals surface area contributed by atoms with Crippen LogP contribution in [0.3, 0.4) is 0 Å². The number of hydrogen-bond acceptors (Lipinski definition) is 4. The van der Waals surface area contributed by atoms with Crippen LogP contribution in [-0.4, -0.2) is 47.8 Å². The van der Waals surface area contributed by atoms with Gasteiger partial charge in [0.05, 0.1) is 6.42 Å². The molecule has 0 saturated carbocycles. The maximum Gasteiger partial charge on any atom is 0.252 e. The van der Waals surface area contributed by atoms with Crippen molar-refractivity contribution < 1.29 is 14.4 Å². The monoisotopic (exact) mass is 329 g/mol. The number of carbonyl (C=O) groups is 3. The standard InChI is InChI=1S/C18H23N3O3/c1-11(2)21-16(22)10-15(18(21)24)20-17(23)14-4-3-12-5-7-19-8-6-13(12)9-14/h3-4,9,11,15,19H,5-8,10H2,1-2H3,(H,20,23)/t15-/m0/s1. The van der Waals surface area contributed by atoms with E-state index in [-0.39, 0.29) is 30.2 Å². The zero-order valence-corrected chi connectivity index (χ0v) is 14.1. The van der Waals surface area contributed by atoms with E-state index in [1.54, 1.807) is 19.9 Å². The van der Waals surface area contributed by atoms with Crippen molar-refractivity contribution in [2.45, 2.75) is 45.2 Å². The van der Waals surface area contributed by atoms with Crippen LogP contribution in [0.1, 0.15) is 41.8 Å². The molecule has 2 heterocycles. The van der Waals surface area contributed by atoms with Crippen LogP contribution in [0.2, 0.25) is 0 Å². The number of benzene rings is 1. The highest BCUT2D eigenvalue weighted by molar-refractivity contribution is 6.08. The zero-order chi connectivity index (χ0) is 17.3. The molecule has 24 heavy (non-hydrogen) atoms. The van der Waals surface area contributed by atoms with Gasteiger partial charge < -0.3 is 10.6 Å². The topological polar surface area (TPSA) is 78.5 Å². The molecule has 1 aromatic carbocycles. The van der Waals surface area contributed by atoms with Gasteiger partial charge >= 0.3 is 0 Å². The molecule has 2 aliphatic rings. The Hall–Kier alpha value is -2.21. The van der Waals surface area contributed by atoms with E-state index < -0.39 is 6.04 Å². The number of likely N-dealkylation sites (tertiary alicyclic amines) is 1. The average molecular weight is 329 g/mol. The number of fused-ring (bicyclic) bond motifs is 1. The minimum Gasteiger partial charge on any atom is -0.340 e. The van der Waals surface area contributed by atoms with Crippen molar-refractivity contribution in [2.75, 3.05) is 13.1 Å². The van der Waals surface area contributed by atoms with E-state index in [1.165, 1.54) is 16.0 Å². The van der Waals surface area contributed by atoms with Crippen molar-refractivity contribution in [2.24, 2.45) is 0 Å². The van der Waals surface area contributed by atoms with Gasteiger partial charge in [-0.1, -0.05) is 6.07 Å². The van der Waals surface area contributed by atoms with Crippen LogP contribution in [-0.2, 0) is 22.4 Å². The van der Waals surface area contributed by atoms with Crippen molar-refractivity contribution >= 4 is 17.7 Å².